The number of nitrogens with one attached hydrogen (secondary N) is 1. The smallest absolute Gasteiger partial charge is 0.173 e. The highest BCUT2D eigenvalue weighted by Crippen LogP contribution is 2.21. The van der Waals surface area contributed by atoms with E-state index in [4.69, 9.17) is 12.2 Å². The molecule has 0 aromatic heterocycles. The third-order valence-electron chi connectivity index (χ3n) is 3.55. The summed E-state index contributed by atoms with van der Waals surface area (Å²) >= 11 is 8.97. The summed E-state index contributed by atoms with van der Waals surface area (Å²) in [7, 11) is -2.93. The number of benzene rings is 1. The van der Waals surface area contributed by atoms with Crippen LogP contribution in [0.25, 0.3) is 0 Å². The van der Waals surface area contributed by atoms with Crippen LogP contribution in [0.15, 0.2) is 28.7 Å². The SMILES string of the molecule is CC(C)CN(C(=S)Nc1cccc(Br)c1)[C@@H]1CCS(=O)(=O)C1. The van der Waals surface area contributed by atoms with E-state index in [2.05, 4.69) is 35.1 Å². The average molecular weight is 405 g/mol. The van der Waals surface area contributed by atoms with E-state index in [0.717, 1.165) is 16.7 Å². The molecule has 1 atom stereocenters. The largest absolute Gasteiger partial charge is 0.345 e. The molecule has 0 aliphatic carbocycles. The second-order valence-electron chi connectivity index (χ2n) is 6.04. The molecule has 122 valence electrons. The molecule has 0 saturated carbocycles. The lowest BCUT2D eigenvalue weighted by Gasteiger charge is -2.32. The van der Waals surface area contributed by atoms with Crippen LogP contribution in [0, 0.1) is 5.92 Å². The van der Waals surface area contributed by atoms with Crippen LogP contribution >= 0.6 is 28.1 Å². The Morgan fingerprint density at radius 2 is 2.23 bits per heavy atom. The van der Waals surface area contributed by atoms with Gasteiger partial charge in [0, 0.05) is 22.7 Å². The van der Waals surface area contributed by atoms with Crippen molar-refractivity contribution in [2.45, 2.75) is 26.3 Å². The number of anilines is 1. The van der Waals surface area contributed by atoms with Gasteiger partial charge in [0.15, 0.2) is 14.9 Å². The molecule has 22 heavy (non-hydrogen) atoms. The standard InChI is InChI=1S/C15H21BrN2O2S2/c1-11(2)9-18(14-6-7-22(19,20)10-14)15(21)17-13-5-3-4-12(16)8-13/h3-5,8,11,14H,6-7,9-10H2,1-2H3,(H,17,21)/t14-/m1/s1. The fourth-order valence-electron chi connectivity index (χ4n) is 2.57. The van der Waals surface area contributed by atoms with Crippen molar-refractivity contribution < 1.29 is 8.42 Å². The van der Waals surface area contributed by atoms with Gasteiger partial charge >= 0.3 is 0 Å². The van der Waals surface area contributed by atoms with Crippen LogP contribution in [0.1, 0.15) is 20.3 Å². The topological polar surface area (TPSA) is 49.4 Å². The van der Waals surface area contributed by atoms with Crippen LogP contribution in [-0.4, -0.2) is 42.5 Å². The molecule has 4 nitrogen and oxygen atoms in total. The Morgan fingerprint density at radius 3 is 2.77 bits per heavy atom. The molecule has 1 aromatic carbocycles. The van der Waals surface area contributed by atoms with Crippen LogP contribution < -0.4 is 5.32 Å². The number of hydrogen-bond donors (Lipinski definition) is 1. The maximum atomic E-state index is 11.8. The van der Waals surface area contributed by atoms with Crippen LogP contribution in [0.2, 0.25) is 0 Å². The second-order valence-corrected chi connectivity index (χ2v) is 9.57. The van der Waals surface area contributed by atoms with Gasteiger partial charge in [-0.2, -0.15) is 0 Å². The number of thiocarbonyl (C=S) groups is 1. The van der Waals surface area contributed by atoms with Crippen molar-refractivity contribution in [3.8, 4) is 0 Å². The minimum absolute atomic E-state index is 0.0282. The number of halogens is 1. The van der Waals surface area contributed by atoms with Gasteiger partial charge in [0.1, 0.15) is 0 Å². The Kier molecular flexibility index (Phi) is 5.85. The number of sulfone groups is 1. The molecule has 1 heterocycles. The van der Waals surface area contributed by atoms with Crippen LogP contribution in [-0.2, 0) is 9.84 Å². The third kappa shape index (κ3) is 4.93. The summed E-state index contributed by atoms with van der Waals surface area (Å²) in [5, 5.41) is 3.82. The monoisotopic (exact) mass is 404 g/mol. The maximum Gasteiger partial charge on any atom is 0.173 e. The molecule has 1 N–H and O–H groups in total. The van der Waals surface area contributed by atoms with E-state index in [9.17, 15) is 8.42 Å². The van der Waals surface area contributed by atoms with Crippen molar-refractivity contribution in [3.05, 3.63) is 28.7 Å². The van der Waals surface area contributed by atoms with Gasteiger partial charge in [-0.1, -0.05) is 35.8 Å². The molecule has 0 amide bonds. The lowest BCUT2D eigenvalue weighted by atomic mass is 10.1. The highest BCUT2D eigenvalue weighted by atomic mass is 79.9. The van der Waals surface area contributed by atoms with E-state index in [1.165, 1.54) is 0 Å². The molecule has 0 spiro atoms. The summed E-state index contributed by atoms with van der Waals surface area (Å²) < 4.78 is 24.5. The Hall–Kier alpha value is -0.660. The van der Waals surface area contributed by atoms with E-state index >= 15 is 0 Å². The van der Waals surface area contributed by atoms with Crippen molar-refractivity contribution in [1.29, 1.82) is 0 Å². The molecule has 2 rings (SSSR count). The minimum atomic E-state index is -2.93. The van der Waals surface area contributed by atoms with Gasteiger partial charge in [-0.25, -0.2) is 8.42 Å². The molecule has 1 fully saturated rings. The lowest BCUT2D eigenvalue weighted by molar-refractivity contribution is 0.303. The van der Waals surface area contributed by atoms with Gasteiger partial charge in [0.05, 0.1) is 11.5 Å². The Bertz CT molecular complexity index is 647. The van der Waals surface area contributed by atoms with Gasteiger partial charge in [-0.3, -0.25) is 0 Å². The highest BCUT2D eigenvalue weighted by Gasteiger charge is 2.33. The predicted octanol–water partition coefficient (Wildman–Crippen LogP) is 3.29. The van der Waals surface area contributed by atoms with E-state index < -0.39 is 9.84 Å². The van der Waals surface area contributed by atoms with Crippen molar-refractivity contribution in [2.75, 3.05) is 23.4 Å². The Morgan fingerprint density at radius 1 is 1.50 bits per heavy atom. The second kappa shape index (κ2) is 7.27. The summed E-state index contributed by atoms with van der Waals surface area (Å²) in [6.45, 7) is 4.97. The summed E-state index contributed by atoms with van der Waals surface area (Å²) in [5.74, 6) is 0.858. The van der Waals surface area contributed by atoms with E-state index in [1.807, 2.05) is 29.2 Å². The van der Waals surface area contributed by atoms with Crippen LogP contribution in [0.4, 0.5) is 5.69 Å². The van der Waals surface area contributed by atoms with Crippen molar-refractivity contribution >= 4 is 48.8 Å². The molecule has 7 heteroatoms. The fraction of sp³-hybridized carbons (Fsp3) is 0.533. The summed E-state index contributed by atoms with van der Waals surface area (Å²) in [6, 6.07) is 7.74. The maximum absolute atomic E-state index is 11.8. The summed E-state index contributed by atoms with van der Waals surface area (Å²) in [6.07, 6.45) is 0.648. The Labute approximate surface area is 146 Å². The van der Waals surface area contributed by atoms with E-state index in [-0.39, 0.29) is 17.5 Å². The first-order valence-electron chi connectivity index (χ1n) is 7.30. The molecule has 0 unspecified atom stereocenters. The van der Waals surface area contributed by atoms with Crippen molar-refractivity contribution in [2.24, 2.45) is 5.92 Å². The lowest BCUT2D eigenvalue weighted by Crippen LogP contribution is -2.45. The summed E-state index contributed by atoms with van der Waals surface area (Å²) in [4.78, 5) is 2.03. The zero-order chi connectivity index (χ0) is 16.3. The fourth-order valence-corrected chi connectivity index (χ4v) is 5.05. The molecule has 0 radical (unpaired) electrons. The van der Waals surface area contributed by atoms with Gasteiger partial charge in [0.2, 0.25) is 0 Å². The first-order chi connectivity index (χ1) is 10.3. The van der Waals surface area contributed by atoms with Gasteiger partial charge in [-0.05, 0) is 42.8 Å². The third-order valence-corrected chi connectivity index (χ3v) is 6.13. The first kappa shape index (κ1) is 17.7. The predicted molar refractivity (Wildman–Crippen MR) is 99.0 cm³/mol. The van der Waals surface area contributed by atoms with Crippen LogP contribution in [0.5, 0.6) is 0 Å². The van der Waals surface area contributed by atoms with Crippen molar-refractivity contribution in [1.82, 2.24) is 4.90 Å². The molecule has 0 bridgehead atoms. The highest BCUT2D eigenvalue weighted by molar-refractivity contribution is 9.10. The average Bonchev–Trinajstić information content (AvgIpc) is 2.76. The zero-order valence-corrected chi connectivity index (χ0v) is 16.0. The first-order valence-corrected chi connectivity index (χ1v) is 10.3. The Balaban J connectivity index is 2.13. The normalized spacial score (nSPS) is 20.1. The van der Waals surface area contributed by atoms with Gasteiger partial charge in [-0.15, -0.1) is 0 Å². The van der Waals surface area contributed by atoms with Crippen LogP contribution in [0.3, 0.4) is 0 Å². The quantitative estimate of drug-likeness (QED) is 0.780. The molecule has 1 aliphatic rings. The number of rotatable bonds is 4. The molecule has 1 aliphatic heterocycles. The molecule has 1 saturated heterocycles. The molecular formula is C15H21BrN2O2S2. The van der Waals surface area contributed by atoms with Crippen molar-refractivity contribution in [3.63, 3.8) is 0 Å². The van der Waals surface area contributed by atoms with Gasteiger partial charge in [0.25, 0.3) is 0 Å². The minimum Gasteiger partial charge on any atom is -0.345 e. The van der Waals surface area contributed by atoms with Gasteiger partial charge < -0.3 is 10.2 Å². The molecule has 1 aromatic rings. The number of hydrogen-bond acceptors (Lipinski definition) is 3. The van der Waals surface area contributed by atoms with E-state index in [0.29, 0.717) is 17.5 Å². The number of nitrogens with zero attached hydrogens (tertiary/aromatic N) is 1. The summed E-state index contributed by atoms with van der Waals surface area (Å²) in [5.41, 5.74) is 0.897. The molecular weight excluding hydrogens is 384 g/mol. The zero-order valence-electron chi connectivity index (χ0n) is 12.8. The van der Waals surface area contributed by atoms with E-state index in [1.54, 1.807) is 0 Å².